The number of thiophene rings is 1. The van der Waals surface area contributed by atoms with E-state index in [1.807, 2.05) is 34.7 Å². The van der Waals surface area contributed by atoms with E-state index in [1.54, 1.807) is 0 Å². The number of carbonyl (C=O) groups excluding carboxylic acids is 1. The number of rotatable bonds is 4. The number of para-hydroxylation sites is 1. The van der Waals surface area contributed by atoms with E-state index in [1.165, 1.54) is 34.0 Å². The molecule has 0 saturated heterocycles. The molecule has 120 valence electrons. The van der Waals surface area contributed by atoms with Crippen molar-refractivity contribution < 1.29 is 4.79 Å². The van der Waals surface area contributed by atoms with E-state index in [9.17, 15) is 4.79 Å². The van der Waals surface area contributed by atoms with Crippen molar-refractivity contribution in [1.29, 1.82) is 0 Å². The molecule has 4 aromatic rings. The molecule has 0 N–H and O–H groups in total. The summed E-state index contributed by atoms with van der Waals surface area (Å²) in [6, 6.07) is 13.9. The predicted octanol–water partition coefficient (Wildman–Crippen LogP) is 4.99. The van der Waals surface area contributed by atoms with Gasteiger partial charge in [0.2, 0.25) is 0 Å². The van der Waals surface area contributed by atoms with Crippen LogP contribution in [0.3, 0.4) is 0 Å². The van der Waals surface area contributed by atoms with Crippen molar-refractivity contribution >= 4 is 61.4 Å². The first-order valence-electron chi connectivity index (χ1n) is 7.28. The van der Waals surface area contributed by atoms with Crippen LogP contribution in [0.1, 0.15) is 15.2 Å². The second kappa shape index (κ2) is 6.31. The first-order valence-corrected chi connectivity index (χ1v) is 9.88. The summed E-state index contributed by atoms with van der Waals surface area (Å²) in [6.45, 7) is 2.07. The van der Waals surface area contributed by atoms with E-state index in [0.29, 0.717) is 5.75 Å². The number of nitrogens with zero attached hydrogens (tertiary/aromatic N) is 3. The van der Waals surface area contributed by atoms with Gasteiger partial charge in [-0.05, 0) is 52.7 Å². The third kappa shape index (κ3) is 2.76. The average Bonchev–Trinajstić information content (AvgIpc) is 3.19. The number of benzene rings is 1. The molecule has 4 nitrogen and oxygen atoms in total. The Morgan fingerprint density at radius 3 is 2.88 bits per heavy atom. The Bertz CT molecular complexity index is 1070. The smallest absolute Gasteiger partial charge is 0.196 e. The highest BCUT2D eigenvalue weighted by Crippen LogP contribution is 2.27. The lowest BCUT2D eigenvalue weighted by Crippen LogP contribution is -2.01. The second-order valence-electron chi connectivity index (χ2n) is 5.34. The van der Waals surface area contributed by atoms with Crippen LogP contribution in [0.25, 0.3) is 16.6 Å². The Kier molecular flexibility index (Phi) is 4.15. The number of carbonyl (C=O) groups is 1. The number of aromatic nitrogens is 3. The molecule has 4 rings (SSSR count). The van der Waals surface area contributed by atoms with Crippen molar-refractivity contribution in [1.82, 2.24) is 14.6 Å². The van der Waals surface area contributed by atoms with Crippen LogP contribution >= 0.6 is 39.0 Å². The molecule has 0 aliphatic rings. The third-order valence-electron chi connectivity index (χ3n) is 3.75. The van der Waals surface area contributed by atoms with E-state index in [2.05, 4.69) is 45.2 Å². The monoisotopic (exact) mass is 417 g/mol. The summed E-state index contributed by atoms with van der Waals surface area (Å²) in [4.78, 5) is 13.1. The van der Waals surface area contributed by atoms with Crippen molar-refractivity contribution in [3.63, 3.8) is 0 Å². The lowest BCUT2D eigenvalue weighted by atomic mass is 10.1. The highest BCUT2D eigenvalue weighted by atomic mass is 79.9. The Morgan fingerprint density at radius 2 is 2.08 bits per heavy atom. The number of aryl methyl sites for hydroxylation is 1. The van der Waals surface area contributed by atoms with Gasteiger partial charge >= 0.3 is 0 Å². The van der Waals surface area contributed by atoms with E-state index in [4.69, 9.17) is 0 Å². The van der Waals surface area contributed by atoms with Gasteiger partial charge in [-0.15, -0.1) is 21.5 Å². The summed E-state index contributed by atoms with van der Waals surface area (Å²) in [5.74, 6) is 0.444. The molecule has 3 aromatic heterocycles. The molecule has 0 aliphatic carbocycles. The van der Waals surface area contributed by atoms with E-state index in [-0.39, 0.29) is 5.78 Å². The maximum atomic E-state index is 12.3. The fourth-order valence-corrected chi connectivity index (χ4v) is 4.88. The summed E-state index contributed by atoms with van der Waals surface area (Å²) in [5.41, 5.74) is 3.04. The Balaban J connectivity index is 1.70. The molecule has 0 saturated carbocycles. The molecular weight excluding hydrogens is 406 g/mol. The standard InChI is InChI=1S/C17H12BrN3OS2/c1-10-8-16-19-20-17(21(16)12-5-3-2-4-11(10)12)23-9-13(22)14-6-7-15(18)24-14/h2-8H,9H2,1H3. The van der Waals surface area contributed by atoms with Crippen LogP contribution in [-0.4, -0.2) is 26.1 Å². The van der Waals surface area contributed by atoms with Gasteiger partial charge in [0.25, 0.3) is 0 Å². The van der Waals surface area contributed by atoms with Crippen LogP contribution in [0.15, 0.2) is 51.4 Å². The summed E-state index contributed by atoms with van der Waals surface area (Å²) < 4.78 is 2.98. The van der Waals surface area contributed by atoms with Crippen LogP contribution < -0.4 is 0 Å². The minimum Gasteiger partial charge on any atom is -0.292 e. The molecular formula is C17H12BrN3OS2. The molecule has 7 heteroatoms. The molecule has 0 aliphatic heterocycles. The zero-order chi connectivity index (χ0) is 16.7. The number of fused-ring (bicyclic) bond motifs is 3. The van der Waals surface area contributed by atoms with Gasteiger partial charge in [-0.25, -0.2) is 0 Å². The molecule has 0 amide bonds. The fraction of sp³-hybridized carbons (Fsp3) is 0.118. The van der Waals surface area contributed by atoms with Gasteiger partial charge in [-0.2, -0.15) is 0 Å². The molecule has 0 unspecified atom stereocenters. The predicted molar refractivity (Wildman–Crippen MR) is 102 cm³/mol. The summed E-state index contributed by atoms with van der Waals surface area (Å²) in [6.07, 6.45) is 0. The van der Waals surface area contributed by atoms with Gasteiger partial charge in [0.15, 0.2) is 16.6 Å². The minimum absolute atomic E-state index is 0.101. The van der Waals surface area contributed by atoms with Gasteiger partial charge in [0.05, 0.1) is 19.9 Å². The van der Waals surface area contributed by atoms with Gasteiger partial charge in [0.1, 0.15) is 0 Å². The van der Waals surface area contributed by atoms with Crippen molar-refractivity contribution in [3.8, 4) is 0 Å². The average molecular weight is 418 g/mol. The topological polar surface area (TPSA) is 47.3 Å². The summed E-state index contributed by atoms with van der Waals surface area (Å²) in [5, 5.41) is 10.4. The van der Waals surface area contributed by atoms with Gasteiger partial charge in [-0.3, -0.25) is 9.20 Å². The Hall–Kier alpha value is -1.70. The Labute approximate surface area is 155 Å². The van der Waals surface area contributed by atoms with Crippen LogP contribution in [0, 0.1) is 6.92 Å². The number of halogens is 1. The number of thioether (sulfide) groups is 1. The molecule has 0 atom stereocenters. The first-order chi connectivity index (χ1) is 11.6. The maximum Gasteiger partial charge on any atom is 0.196 e. The maximum absolute atomic E-state index is 12.3. The zero-order valence-corrected chi connectivity index (χ0v) is 15.9. The fourth-order valence-electron chi connectivity index (χ4n) is 2.63. The summed E-state index contributed by atoms with van der Waals surface area (Å²) in [7, 11) is 0. The molecule has 24 heavy (non-hydrogen) atoms. The number of ketones is 1. The van der Waals surface area contributed by atoms with Crippen molar-refractivity contribution in [2.75, 3.05) is 5.75 Å². The van der Waals surface area contributed by atoms with Crippen molar-refractivity contribution in [2.45, 2.75) is 12.1 Å². The largest absolute Gasteiger partial charge is 0.292 e. The highest BCUT2D eigenvalue weighted by molar-refractivity contribution is 9.11. The van der Waals surface area contributed by atoms with Crippen molar-refractivity contribution in [3.05, 3.63) is 56.7 Å². The number of hydrogen-bond acceptors (Lipinski definition) is 5. The van der Waals surface area contributed by atoms with E-state index < -0.39 is 0 Å². The van der Waals surface area contributed by atoms with Crippen LogP contribution in [0.5, 0.6) is 0 Å². The van der Waals surface area contributed by atoms with Gasteiger partial charge < -0.3 is 0 Å². The van der Waals surface area contributed by atoms with Crippen LogP contribution in [0.4, 0.5) is 0 Å². The number of pyridine rings is 1. The molecule has 3 heterocycles. The van der Waals surface area contributed by atoms with Gasteiger partial charge in [0, 0.05) is 5.39 Å². The SMILES string of the molecule is Cc1cc2nnc(SCC(=O)c3ccc(Br)s3)n2c2ccccc12. The molecule has 0 fully saturated rings. The van der Waals surface area contributed by atoms with E-state index >= 15 is 0 Å². The quantitative estimate of drug-likeness (QED) is 0.346. The van der Waals surface area contributed by atoms with Gasteiger partial charge in [-0.1, -0.05) is 30.0 Å². The van der Waals surface area contributed by atoms with Crippen LogP contribution in [-0.2, 0) is 0 Å². The number of Topliss-reactive ketones (excluding diaryl/α,β-unsaturated/α-hetero) is 1. The second-order valence-corrected chi connectivity index (χ2v) is 8.74. The lowest BCUT2D eigenvalue weighted by molar-refractivity contribution is 0.102. The van der Waals surface area contributed by atoms with Crippen molar-refractivity contribution in [2.24, 2.45) is 0 Å². The minimum atomic E-state index is 0.101. The van der Waals surface area contributed by atoms with E-state index in [0.717, 1.165) is 25.0 Å². The normalized spacial score (nSPS) is 11.4. The zero-order valence-electron chi connectivity index (χ0n) is 12.7. The highest BCUT2D eigenvalue weighted by Gasteiger charge is 2.14. The lowest BCUT2D eigenvalue weighted by Gasteiger charge is -2.06. The summed E-state index contributed by atoms with van der Waals surface area (Å²) >= 11 is 6.26. The number of hydrogen-bond donors (Lipinski definition) is 0. The third-order valence-corrected chi connectivity index (χ3v) is 6.35. The molecule has 0 bridgehead atoms. The Morgan fingerprint density at radius 1 is 1.25 bits per heavy atom. The first kappa shape index (κ1) is 15.8. The van der Waals surface area contributed by atoms with Crippen LogP contribution in [0.2, 0.25) is 0 Å². The molecule has 0 radical (unpaired) electrons. The molecule has 1 aromatic carbocycles. The molecule has 0 spiro atoms.